The van der Waals surface area contributed by atoms with E-state index in [1.54, 1.807) is 40.7 Å². The topological polar surface area (TPSA) is 105 Å². The Balaban J connectivity index is 3.23. The number of carbonyl (C=O) groups is 2. The number of aliphatic carboxylic acids is 1. The number of hydrogen-bond acceptors (Lipinski definition) is 5. The molecule has 1 rings (SSSR count). The number of phenols is 1. The van der Waals surface area contributed by atoms with Crippen molar-refractivity contribution in [2.75, 3.05) is 12.4 Å². The molecule has 7 heteroatoms. The number of aromatic hydroxyl groups is 1. The maximum absolute atomic E-state index is 11.9. The first-order valence-corrected chi connectivity index (χ1v) is 7.49. The van der Waals surface area contributed by atoms with Crippen molar-refractivity contribution in [3.63, 3.8) is 0 Å². The molecule has 0 aliphatic carbocycles. The Morgan fingerprint density at radius 2 is 1.75 bits per heavy atom. The minimum Gasteiger partial charge on any atom is -0.503 e. The summed E-state index contributed by atoms with van der Waals surface area (Å²) < 4.78 is 10.3. The Morgan fingerprint density at radius 3 is 2.21 bits per heavy atom. The van der Waals surface area contributed by atoms with Gasteiger partial charge in [-0.2, -0.15) is 0 Å². The molecule has 0 aromatic heterocycles. The molecule has 0 saturated heterocycles. The van der Waals surface area contributed by atoms with Crippen LogP contribution in [0.4, 0.5) is 10.5 Å². The molecular weight excluding hydrogens is 314 g/mol. The summed E-state index contributed by atoms with van der Waals surface area (Å²) in [5.74, 6) is -1.07. The predicted octanol–water partition coefficient (Wildman–Crippen LogP) is 3.50. The molecule has 3 N–H and O–H groups in total. The highest BCUT2D eigenvalue weighted by atomic mass is 16.6. The van der Waals surface area contributed by atoms with Gasteiger partial charge < -0.3 is 19.7 Å². The summed E-state index contributed by atoms with van der Waals surface area (Å²) in [5, 5.41) is 21.7. The molecule has 0 fully saturated rings. The number of amides is 1. The van der Waals surface area contributed by atoms with Gasteiger partial charge in [-0.25, -0.2) is 4.79 Å². The monoisotopic (exact) mass is 339 g/mol. The number of anilines is 1. The first-order chi connectivity index (χ1) is 10.9. The summed E-state index contributed by atoms with van der Waals surface area (Å²) in [7, 11) is 1.38. The predicted molar refractivity (Wildman–Crippen MR) is 89.8 cm³/mol. The van der Waals surface area contributed by atoms with Crippen molar-refractivity contribution in [3.05, 3.63) is 17.7 Å². The Kier molecular flexibility index (Phi) is 5.71. The van der Waals surface area contributed by atoms with E-state index in [0.29, 0.717) is 5.56 Å². The van der Waals surface area contributed by atoms with E-state index in [1.165, 1.54) is 13.2 Å². The Bertz CT molecular complexity index is 631. The van der Waals surface area contributed by atoms with E-state index in [0.717, 1.165) is 0 Å². The molecule has 0 spiro atoms. The summed E-state index contributed by atoms with van der Waals surface area (Å²) >= 11 is 0. The number of hydrogen-bond donors (Lipinski definition) is 3. The van der Waals surface area contributed by atoms with Gasteiger partial charge in [0, 0.05) is 5.41 Å². The minimum atomic E-state index is -0.950. The number of benzene rings is 1. The molecule has 0 aliphatic rings. The largest absolute Gasteiger partial charge is 0.503 e. The number of nitrogens with one attached hydrogen (secondary N) is 1. The highest BCUT2D eigenvalue weighted by Gasteiger charge is 2.27. The smallest absolute Gasteiger partial charge is 0.412 e. The third kappa shape index (κ3) is 5.33. The fourth-order valence-electron chi connectivity index (χ4n) is 2.14. The lowest BCUT2D eigenvalue weighted by molar-refractivity contribution is -0.138. The van der Waals surface area contributed by atoms with Crippen molar-refractivity contribution in [2.45, 2.75) is 52.1 Å². The molecule has 24 heavy (non-hydrogen) atoms. The number of carbonyl (C=O) groups excluding carboxylic acids is 1. The molecule has 1 amide bonds. The fraction of sp³-hybridized carbons (Fsp3) is 0.529. The van der Waals surface area contributed by atoms with Crippen molar-refractivity contribution < 1.29 is 29.3 Å². The molecule has 7 nitrogen and oxygen atoms in total. The maximum atomic E-state index is 11.9. The van der Waals surface area contributed by atoms with Crippen molar-refractivity contribution in [1.82, 2.24) is 0 Å². The van der Waals surface area contributed by atoms with Crippen LogP contribution in [0.3, 0.4) is 0 Å². The van der Waals surface area contributed by atoms with Crippen molar-refractivity contribution in [3.8, 4) is 11.5 Å². The second kappa shape index (κ2) is 6.98. The fourth-order valence-corrected chi connectivity index (χ4v) is 2.14. The SMILES string of the molecule is COc1cc(C(C)(C)CC(=O)O)cc(NC(=O)OC(C)(C)C)c1O. The zero-order chi connectivity index (χ0) is 18.7. The van der Waals surface area contributed by atoms with Crippen LogP contribution in [0.1, 0.15) is 46.6 Å². The summed E-state index contributed by atoms with van der Waals surface area (Å²) in [6, 6.07) is 3.07. The standard InChI is InChI=1S/C17H25NO6/c1-16(2,3)24-15(22)18-11-7-10(8-12(23-6)14(11)21)17(4,5)9-13(19)20/h7-8,21H,9H2,1-6H3,(H,18,22)(H,19,20). The van der Waals surface area contributed by atoms with Gasteiger partial charge in [0.05, 0.1) is 19.2 Å². The lowest BCUT2D eigenvalue weighted by Gasteiger charge is -2.25. The summed E-state index contributed by atoms with van der Waals surface area (Å²) in [6.07, 6.45) is -0.847. The van der Waals surface area contributed by atoms with Crippen LogP contribution < -0.4 is 10.1 Å². The Hall–Kier alpha value is -2.44. The van der Waals surface area contributed by atoms with Crippen LogP contribution in [0.2, 0.25) is 0 Å². The van der Waals surface area contributed by atoms with E-state index in [2.05, 4.69) is 5.32 Å². The molecule has 0 heterocycles. The molecule has 0 radical (unpaired) electrons. The van der Waals surface area contributed by atoms with Gasteiger partial charge in [0.2, 0.25) is 0 Å². The number of phenolic OH excluding ortho intramolecular Hbond substituents is 1. The summed E-state index contributed by atoms with van der Waals surface area (Å²) in [5.41, 5.74) is -0.719. The van der Waals surface area contributed by atoms with Gasteiger partial charge in [-0.3, -0.25) is 10.1 Å². The number of carboxylic acids is 1. The van der Waals surface area contributed by atoms with Crippen molar-refractivity contribution >= 4 is 17.7 Å². The first kappa shape index (κ1) is 19.6. The third-order valence-electron chi connectivity index (χ3n) is 3.31. The Morgan fingerprint density at radius 1 is 1.17 bits per heavy atom. The molecule has 0 aliphatic heterocycles. The molecular formula is C17H25NO6. The van der Waals surface area contributed by atoms with Crippen molar-refractivity contribution in [2.24, 2.45) is 0 Å². The van der Waals surface area contributed by atoms with Crippen LogP contribution in [0.15, 0.2) is 12.1 Å². The second-order valence-electron chi connectivity index (χ2n) is 7.16. The van der Waals surface area contributed by atoms with E-state index in [1.807, 2.05) is 0 Å². The van der Waals surface area contributed by atoms with Crippen LogP contribution in [0.25, 0.3) is 0 Å². The van der Waals surface area contributed by atoms with E-state index in [9.17, 15) is 14.7 Å². The van der Waals surface area contributed by atoms with Crippen LogP contribution in [-0.4, -0.2) is 35.0 Å². The minimum absolute atomic E-state index is 0.0945. The van der Waals surface area contributed by atoms with Gasteiger partial charge in [-0.1, -0.05) is 13.8 Å². The van der Waals surface area contributed by atoms with Gasteiger partial charge in [0.25, 0.3) is 0 Å². The molecule has 1 aromatic rings. The van der Waals surface area contributed by atoms with Gasteiger partial charge in [-0.15, -0.1) is 0 Å². The molecule has 0 atom stereocenters. The maximum Gasteiger partial charge on any atom is 0.412 e. The molecule has 1 aromatic carbocycles. The molecule has 0 saturated carbocycles. The van der Waals surface area contributed by atoms with E-state index in [4.69, 9.17) is 14.6 Å². The molecule has 0 bridgehead atoms. The third-order valence-corrected chi connectivity index (χ3v) is 3.31. The zero-order valence-electron chi connectivity index (χ0n) is 14.9. The number of methoxy groups -OCH3 is 1. The van der Waals surface area contributed by atoms with Crippen LogP contribution >= 0.6 is 0 Å². The van der Waals surface area contributed by atoms with Gasteiger partial charge in [0.1, 0.15) is 5.60 Å². The van der Waals surface area contributed by atoms with E-state index in [-0.39, 0.29) is 23.6 Å². The van der Waals surface area contributed by atoms with Crippen LogP contribution in [0, 0.1) is 0 Å². The highest BCUT2D eigenvalue weighted by molar-refractivity contribution is 5.88. The number of rotatable bonds is 5. The molecule has 134 valence electrons. The average molecular weight is 339 g/mol. The highest BCUT2D eigenvalue weighted by Crippen LogP contribution is 2.40. The summed E-state index contributed by atoms with van der Waals surface area (Å²) in [6.45, 7) is 8.67. The Labute approximate surface area is 141 Å². The lowest BCUT2D eigenvalue weighted by Crippen LogP contribution is -2.27. The van der Waals surface area contributed by atoms with E-state index < -0.39 is 23.1 Å². The lowest BCUT2D eigenvalue weighted by atomic mass is 9.81. The van der Waals surface area contributed by atoms with Gasteiger partial charge in [-0.05, 0) is 38.5 Å². The van der Waals surface area contributed by atoms with Crippen LogP contribution in [0.5, 0.6) is 11.5 Å². The molecule has 0 unspecified atom stereocenters. The van der Waals surface area contributed by atoms with Gasteiger partial charge in [0.15, 0.2) is 11.5 Å². The van der Waals surface area contributed by atoms with E-state index >= 15 is 0 Å². The average Bonchev–Trinajstić information content (AvgIpc) is 2.37. The summed E-state index contributed by atoms with van der Waals surface area (Å²) in [4.78, 5) is 23.0. The number of ether oxygens (including phenoxy) is 2. The first-order valence-electron chi connectivity index (χ1n) is 7.49. The zero-order valence-corrected chi connectivity index (χ0v) is 14.9. The second-order valence-corrected chi connectivity index (χ2v) is 7.16. The van der Waals surface area contributed by atoms with Crippen molar-refractivity contribution in [1.29, 1.82) is 0 Å². The van der Waals surface area contributed by atoms with Crippen LogP contribution in [-0.2, 0) is 14.9 Å². The quantitative estimate of drug-likeness (QED) is 0.709. The normalized spacial score (nSPS) is 11.8. The number of carboxylic acid groups (broad SMARTS) is 1. The van der Waals surface area contributed by atoms with Gasteiger partial charge >= 0.3 is 12.1 Å².